The molecule has 1 aliphatic rings. The van der Waals surface area contributed by atoms with Crippen LogP contribution in [0.2, 0.25) is 0 Å². The number of benzene rings is 3. The van der Waals surface area contributed by atoms with E-state index < -0.39 is 0 Å². The van der Waals surface area contributed by atoms with Crippen molar-refractivity contribution in [1.82, 2.24) is 4.90 Å². The second-order valence-electron chi connectivity index (χ2n) is 7.32. The van der Waals surface area contributed by atoms with Crippen molar-refractivity contribution in [3.05, 3.63) is 95.1 Å². The van der Waals surface area contributed by atoms with Gasteiger partial charge in [-0.3, -0.25) is 9.69 Å². The highest BCUT2D eigenvalue weighted by Crippen LogP contribution is 2.19. The maximum Gasteiger partial charge on any atom is 0.255 e. The van der Waals surface area contributed by atoms with Crippen molar-refractivity contribution in [2.75, 3.05) is 24.1 Å². The predicted octanol–water partition coefficient (Wildman–Crippen LogP) is 4.12. The molecule has 0 bridgehead atoms. The molecule has 3 N–H and O–H groups in total. The summed E-state index contributed by atoms with van der Waals surface area (Å²) >= 11 is 0. The summed E-state index contributed by atoms with van der Waals surface area (Å²) in [5.41, 5.74) is 11.9. The summed E-state index contributed by atoms with van der Waals surface area (Å²) in [7, 11) is 0. The molecule has 3 aromatic carbocycles. The zero-order valence-corrected chi connectivity index (χ0v) is 15.9. The molecule has 0 spiro atoms. The van der Waals surface area contributed by atoms with Crippen LogP contribution in [0.15, 0.2) is 72.8 Å². The number of nitrogen functional groups attached to an aromatic ring is 1. The molecule has 1 amide bonds. The van der Waals surface area contributed by atoms with E-state index in [0.717, 1.165) is 38.2 Å². The summed E-state index contributed by atoms with van der Waals surface area (Å²) < 4.78 is 0. The summed E-state index contributed by atoms with van der Waals surface area (Å²) in [5, 5.41) is 2.93. The Hall–Kier alpha value is -3.11. The standard InChI is InChI=1S/C24H25N3O/c25-22-9-7-20(8-10-22)24(28)26-23-11-5-18(6-12-23)13-15-27-16-14-19-3-1-2-4-21(19)17-27/h1-12H,13-17,25H2,(H,26,28). The normalized spacial score (nSPS) is 13.7. The number of nitrogens with two attached hydrogens (primary N) is 1. The Labute approximate surface area is 166 Å². The van der Waals surface area contributed by atoms with E-state index in [1.807, 2.05) is 12.1 Å². The van der Waals surface area contributed by atoms with Gasteiger partial charge < -0.3 is 11.1 Å². The van der Waals surface area contributed by atoms with E-state index in [0.29, 0.717) is 11.3 Å². The molecule has 28 heavy (non-hydrogen) atoms. The van der Waals surface area contributed by atoms with Gasteiger partial charge in [-0.2, -0.15) is 0 Å². The molecule has 142 valence electrons. The summed E-state index contributed by atoms with van der Waals surface area (Å²) in [6.07, 6.45) is 2.14. The van der Waals surface area contributed by atoms with Crippen molar-refractivity contribution in [2.45, 2.75) is 19.4 Å². The molecule has 0 aromatic heterocycles. The van der Waals surface area contributed by atoms with E-state index in [4.69, 9.17) is 5.73 Å². The summed E-state index contributed by atoms with van der Waals surface area (Å²) in [4.78, 5) is 14.8. The van der Waals surface area contributed by atoms with Gasteiger partial charge >= 0.3 is 0 Å². The highest BCUT2D eigenvalue weighted by molar-refractivity contribution is 6.04. The van der Waals surface area contributed by atoms with Gasteiger partial charge in [0.25, 0.3) is 5.91 Å². The number of nitrogens with zero attached hydrogens (tertiary/aromatic N) is 1. The quantitative estimate of drug-likeness (QED) is 0.663. The summed E-state index contributed by atoms with van der Waals surface area (Å²) in [6, 6.07) is 23.8. The number of anilines is 2. The lowest BCUT2D eigenvalue weighted by Crippen LogP contribution is -2.32. The van der Waals surface area contributed by atoms with Gasteiger partial charge in [0, 0.05) is 36.6 Å². The first-order chi connectivity index (χ1) is 13.7. The average Bonchev–Trinajstić information content (AvgIpc) is 2.73. The van der Waals surface area contributed by atoms with Gasteiger partial charge in [-0.1, -0.05) is 36.4 Å². The minimum Gasteiger partial charge on any atom is -0.399 e. The smallest absolute Gasteiger partial charge is 0.255 e. The highest BCUT2D eigenvalue weighted by atomic mass is 16.1. The van der Waals surface area contributed by atoms with Crippen molar-refractivity contribution >= 4 is 17.3 Å². The topological polar surface area (TPSA) is 58.4 Å². The molecule has 0 atom stereocenters. The predicted molar refractivity (Wildman–Crippen MR) is 114 cm³/mol. The lowest BCUT2D eigenvalue weighted by atomic mass is 9.99. The van der Waals surface area contributed by atoms with Gasteiger partial charge in [0.15, 0.2) is 0 Å². The van der Waals surface area contributed by atoms with Crippen LogP contribution in [0.3, 0.4) is 0 Å². The van der Waals surface area contributed by atoms with Crippen LogP contribution in [-0.2, 0) is 19.4 Å². The molecular formula is C24H25N3O. The van der Waals surface area contributed by atoms with Crippen molar-refractivity contribution < 1.29 is 4.79 Å². The Kier molecular flexibility index (Phi) is 5.40. The fourth-order valence-electron chi connectivity index (χ4n) is 3.62. The lowest BCUT2D eigenvalue weighted by molar-refractivity contribution is 0.102. The first kappa shape index (κ1) is 18.3. The molecule has 0 radical (unpaired) electrons. The third-order valence-corrected chi connectivity index (χ3v) is 5.31. The highest BCUT2D eigenvalue weighted by Gasteiger charge is 2.15. The Morgan fingerprint density at radius 2 is 1.64 bits per heavy atom. The molecule has 1 heterocycles. The van der Waals surface area contributed by atoms with E-state index in [1.54, 1.807) is 24.3 Å². The molecule has 0 fully saturated rings. The van der Waals surface area contributed by atoms with Crippen LogP contribution < -0.4 is 11.1 Å². The number of amides is 1. The first-order valence-corrected chi connectivity index (χ1v) is 9.72. The van der Waals surface area contributed by atoms with Gasteiger partial charge in [-0.15, -0.1) is 0 Å². The number of carbonyl (C=O) groups excluding carboxylic acids is 1. The second kappa shape index (κ2) is 8.28. The zero-order valence-electron chi connectivity index (χ0n) is 15.9. The number of hydrogen-bond acceptors (Lipinski definition) is 3. The largest absolute Gasteiger partial charge is 0.399 e. The molecule has 0 saturated carbocycles. The van der Waals surface area contributed by atoms with Crippen molar-refractivity contribution in [2.24, 2.45) is 0 Å². The molecule has 0 saturated heterocycles. The first-order valence-electron chi connectivity index (χ1n) is 9.72. The molecule has 4 nitrogen and oxygen atoms in total. The van der Waals surface area contributed by atoms with Crippen LogP contribution in [0.25, 0.3) is 0 Å². The minimum absolute atomic E-state index is 0.125. The number of rotatable bonds is 5. The molecule has 0 unspecified atom stereocenters. The zero-order chi connectivity index (χ0) is 19.3. The third kappa shape index (κ3) is 4.41. The Balaban J connectivity index is 1.30. The van der Waals surface area contributed by atoms with E-state index >= 15 is 0 Å². The molecule has 3 aromatic rings. The molecule has 4 rings (SSSR count). The average molecular weight is 371 g/mol. The van der Waals surface area contributed by atoms with Crippen LogP contribution >= 0.6 is 0 Å². The van der Waals surface area contributed by atoms with Crippen LogP contribution in [0.1, 0.15) is 27.0 Å². The fraction of sp³-hybridized carbons (Fsp3) is 0.208. The van der Waals surface area contributed by atoms with Crippen LogP contribution in [0.5, 0.6) is 0 Å². The SMILES string of the molecule is Nc1ccc(C(=O)Nc2ccc(CCN3CCc4ccccc4C3)cc2)cc1. The number of hydrogen-bond donors (Lipinski definition) is 2. The van der Waals surface area contributed by atoms with Gasteiger partial charge in [-0.05, 0) is 65.9 Å². The number of carbonyl (C=O) groups is 1. The van der Waals surface area contributed by atoms with Gasteiger partial charge in [-0.25, -0.2) is 0 Å². The van der Waals surface area contributed by atoms with Crippen LogP contribution in [0, 0.1) is 0 Å². The van der Waals surface area contributed by atoms with Crippen molar-refractivity contribution in [3.8, 4) is 0 Å². The summed E-state index contributed by atoms with van der Waals surface area (Å²) in [6.45, 7) is 3.20. The summed E-state index contributed by atoms with van der Waals surface area (Å²) in [5.74, 6) is -0.125. The van der Waals surface area contributed by atoms with Crippen LogP contribution in [0.4, 0.5) is 11.4 Å². The maximum absolute atomic E-state index is 12.3. The van der Waals surface area contributed by atoms with Gasteiger partial charge in [0.1, 0.15) is 0 Å². The number of fused-ring (bicyclic) bond motifs is 1. The molecule has 4 heteroatoms. The molecular weight excluding hydrogens is 346 g/mol. The Bertz CT molecular complexity index is 948. The lowest BCUT2D eigenvalue weighted by Gasteiger charge is -2.28. The minimum atomic E-state index is -0.125. The molecule has 1 aliphatic heterocycles. The third-order valence-electron chi connectivity index (χ3n) is 5.31. The number of nitrogens with one attached hydrogen (secondary N) is 1. The van der Waals surface area contributed by atoms with E-state index in [9.17, 15) is 4.79 Å². The van der Waals surface area contributed by atoms with Crippen LogP contribution in [-0.4, -0.2) is 23.9 Å². The fourth-order valence-corrected chi connectivity index (χ4v) is 3.62. The maximum atomic E-state index is 12.3. The second-order valence-corrected chi connectivity index (χ2v) is 7.32. The monoisotopic (exact) mass is 371 g/mol. The van der Waals surface area contributed by atoms with Crippen molar-refractivity contribution in [3.63, 3.8) is 0 Å². The Morgan fingerprint density at radius 3 is 2.39 bits per heavy atom. The van der Waals surface area contributed by atoms with E-state index in [-0.39, 0.29) is 5.91 Å². The molecule has 0 aliphatic carbocycles. The van der Waals surface area contributed by atoms with E-state index in [2.05, 4.69) is 46.6 Å². The van der Waals surface area contributed by atoms with Crippen molar-refractivity contribution in [1.29, 1.82) is 0 Å². The van der Waals surface area contributed by atoms with Gasteiger partial charge in [0.2, 0.25) is 0 Å². The van der Waals surface area contributed by atoms with E-state index in [1.165, 1.54) is 16.7 Å². The Morgan fingerprint density at radius 1 is 0.929 bits per heavy atom. The van der Waals surface area contributed by atoms with Gasteiger partial charge in [0.05, 0.1) is 0 Å².